The lowest BCUT2D eigenvalue weighted by Gasteiger charge is -2.06. The Bertz CT molecular complexity index is 404. The van der Waals surface area contributed by atoms with Crippen LogP contribution in [-0.2, 0) is 11.3 Å². The average Bonchev–Trinajstić information content (AvgIpc) is 2.39. The van der Waals surface area contributed by atoms with Crippen molar-refractivity contribution in [2.75, 3.05) is 6.61 Å². The molecule has 0 unspecified atom stereocenters. The van der Waals surface area contributed by atoms with Crippen molar-refractivity contribution in [3.05, 3.63) is 35.1 Å². The van der Waals surface area contributed by atoms with E-state index in [4.69, 9.17) is 9.84 Å². The summed E-state index contributed by atoms with van der Waals surface area (Å²) in [7, 11) is 0. The number of halogens is 1. The normalized spacial score (nSPS) is 10.6. The van der Waals surface area contributed by atoms with Gasteiger partial charge in [-0.3, -0.25) is 0 Å². The number of carbonyl (C=O) groups is 1. The van der Waals surface area contributed by atoms with Crippen LogP contribution in [-0.4, -0.2) is 17.7 Å². The molecule has 0 saturated carbocycles. The van der Waals surface area contributed by atoms with E-state index in [0.717, 1.165) is 12.8 Å². The van der Waals surface area contributed by atoms with Crippen LogP contribution in [0.5, 0.6) is 0 Å². The Hall–Kier alpha value is -1.42. The third-order valence-corrected chi connectivity index (χ3v) is 2.94. The molecule has 1 rings (SSSR count). The monoisotopic (exact) mass is 268 g/mol. The Morgan fingerprint density at radius 3 is 2.68 bits per heavy atom. The second-order valence-corrected chi connectivity index (χ2v) is 4.58. The van der Waals surface area contributed by atoms with Crippen LogP contribution in [0, 0.1) is 5.82 Å². The minimum Gasteiger partial charge on any atom is -0.478 e. The van der Waals surface area contributed by atoms with Gasteiger partial charge in [-0.15, -0.1) is 0 Å². The first-order chi connectivity index (χ1) is 9.15. The number of carboxylic acid groups (broad SMARTS) is 1. The topological polar surface area (TPSA) is 46.5 Å². The van der Waals surface area contributed by atoms with Crippen LogP contribution >= 0.6 is 0 Å². The summed E-state index contributed by atoms with van der Waals surface area (Å²) in [5.41, 5.74) is 0.386. The molecule has 1 N–H and O–H groups in total. The zero-order chi connectivity index (χ0) is 14.1. The van der Waals surface area contributed by atoms with Crippen LogP contribution in [0.4, 0.5) is 4.39 Å². The Kier molecular flexibility index (Phi) is 7.11. The summed E-state index contributed by atoms with van der Waals surface area (Å²) >= 11 is 0. The second kappa shape index (κ2) is 8.64. The molecule has 0 saturated heterocycles. The van der Waals surface area contributed by atoms with Crippen LogP contribution in [0.25, 0.3) is 0 Å². The van der Waals surface area contributed by atoms with Gasteiger partial charge in [0.1, 0.15) is 5.82 Å². The summed E-state index contributed by atoms with van der Waals surface area (Å²) < 4.78 is 18.8. The zero-order valence-corrected chi connectivity index (χ0v) is 11.3. The van der Waals surface area contributed by atoms with Gasteiger partial charge in [0, 0.05) is 12.2 Å². The molecule has 0 aliphatic carbocycles. The summed E-state index contributed by atoms with van der Waals surface area (Å²) in [6.07, 6.45) is 5.71. The van der Waals surface area contributed by atoms with Crippen molar-refractivity contribution < 1.29 is 19.0 Å². The molecule has 0 fully saturated rings. The minimum atomic E-state index is -1.05. The Balaban J connectivity index is 2.32. The molecule has 0 aromatic heterocycles. The molecule has 0 amide bonds. The lowest BCUT2D eigenvalue weighted by Crippen LogP contribution is -2.02. The van der Waals surface area contributed by atoms with Crippen LogP contribution in [0.1, 0.15) is 54.9 Å². The molecule has 0 radical (unpaired) electrons. The van der Waals surface area contributed by atoms with E-state index in [9.17, 15) is 9.18 Å². The minimum absolute atomic E-state index is 0.0861. The fourth-order valence-corrected chi connectivity index (χ4v) is 1.81. The van der Waals surface area contributed by atoms with Crippen molar-refractivity contribution in [3.63, 3.8) is 0 Å². The van der Waals surface area contributed by atoms with E-state index in [-0.39, 0.29) is 12.2 Å². The summed E-state index contributed by atoms with van der Waals surface area (Å²) in [6, 6.07) is 3.75. The van der Waals surface area contributed by atoms with E-state index in [2.05, 4.69) is 6.92 Å². The van der Waals surface area contributed by atoms with Gasteiger partial charge in [0.2, 0.25) is 0 Å². The fraction of sp³-hybridized carbons (Fsp3) is 0.533. The summed E-state index contributed by atoms with van der Waals surface area (Å²) in [5.74, 6) is -1.48. The highest BCUT2D eigenvalue weighted by molar-refractivity contribution is 5.87. The van der Waals surface area contributed by atoms with E-state index in [1.54, 1.807) is 0 Å². The number of ether oxygens (including phenoxy) is 1. The number of aromatic carboxylic acids is 1. The number of hydrogen-bond donors (Lipinski definition) is 1. The van der Waals surface area contributed by atoms with Crippen molar-refractivity contribution in [1.29, 1.82) is 0 Å². The standard InChI is InChI=1S/C15H21FO3/c1-2-3-4-5-6-9-19-11-13-10-12(15(17)18)7-8-14(13)16/h7-8,10H,2-6,9,11H2,1H3,(H,17,18). The number of rotatable bonds is 9. The predicted molar refractivity (Wildman–Crippen MR) is 71.8 cm³/mol. The third-order valence-electron chi connectivity index (χ3n) is 2.94. The molecule has 106 valence electrons. The average molecular weight is 268 g/mol. The number of benzene rings is 1. The van der Waals surface area contributed by atoms with Gasteiger partial charge in [0.15, 0.2) is 0 Å². The molecule has 0 spiro atoms. The maximum Gasteiger partial charge on any atom is 0.335 e. The van der Waals surface area contributed by atoms with Gasteiger partial charge in [-0.2, -0.15) is 0 Å². The Morgan fingerprint density at radius 2 is 2.00 bits per heavy atom. The molecule has 3 nitrogen and oxygen atoms in total. The third kappa shape index (κ3) is 5.83. The van der Waals surface area contributed by atoms with Gasteiger partial charge >= 0.3 is 5.97 Å². The largest absolute Gasteiger partial charge is 0.478 e. The van der Waals surface area contributed by atoms with Gasteiger partial charge in [-0.05, 0) is 24.6 Å². The molecule has 0 aliphatic rings. The lowest BCUT2D eigenvalue weighted by atomic mass is 10.1. The highest BCUT2D eigenvalue weighted by Crippen LogP contribution is 2.12. The van der Waals surface area contributed by atoms with Crippen molar-refractivity contribution >= 4 is 5.97 Å². The maximum absolute atomic E-state index is 13.4. The molecule has 0 aliphatic heterocycles. The number of unbranched alkanes of at least 4 members (excludes halogenated alkanes) is 4. The van der Waals surface area contributed by atoms with Crippen LogP contribution in [0.15, 0.2) is 18.2 Å². The Labute approximate surface area is 113 Å². The quantitative estimate of drug-likeness (QED) is 0.688. The molecule has 4 heteroatoms. The van der Waals surface area contributed by atoms with Crippen LogP contribution in [0.3, 0.4) is 0 Å². The SMILES string of the molecule is CCCCCCCOCc1cc(C(=O)O)ccc1F. The first-order valence-corrected chi connectivity index (χ1v) is 6.74. The molecular weight excluding hydrogens is 247 g/mol. The Morgan fingerprint density at radius 1 is 1.26 bits per heavy atom. The highest BCUT2D eigenvalue weighted by Gasteiger charge is 2.08. The van der Waals surface area contributed by atoms with E-state index >= 15 is 0 Å². The van der Waals surface area contributed by atoms with E-state index in [1.165, 1.54) is 37.5 Å². The van der Waals surface area contributed by atoms with Gasteiger partial charge in [-0.1, -0.05) is 32.6 Å². The van der Waals surface area contributed by atoms with E-state index in [0.29, 0.717) is 12.2 Å². The molecule has 19 heavy (non-hydrogen) atoms. The van der Waals surface area contributed by atoms with Gasteiger partial charge in [-0.25, -0.2) is 9.18 Å². The van der Waals surface area contributed by atoms with Crippen molar-refractivity contribution in [1.82, 2.24) is 0 Å². The molecular formula is C15H21FO3. The van der Waals surface area contributed by atoms with E-state index < -0.39 is 11.8 Å². The predicted octanol–water partition coefficient (Wildman–Crippen LogP) is 4.01. The van der Waals surface area contributed by atoms with Crippen LogP contribution < -0.4 is 0 Å². The molecule has 1 aromatic rings. The van der Waals surface area contributed by atoms with Gasteiger partial charge in [0.05, 0.1) is 12.2 Å². The molecule has 0 heterocycles. The van der Waals surface area contributed by atoms with Gasteiger partial charge in [0.25, 0.3) is 0 Å². The van der Waals surface area contributed by atoms with Gasteiger partial charge < -0.3 is 9.84 Å². The maximum atomic E-state index is 13.4. The highest BCUT2D eigenvalue weighted by atomic mass is 19.1. The molecule has 0 bridgehead atoms. The van der Waals surface area contributed by atoms with Crippen molar-refractivity contribution in [2.24, 2.45) is 0 Å². The molecule has 0 atom stereocenters. The van der Waals surface area contributed by atoms with Crippen molar-refractivity contribution in [2.45, 2.75) is 45.6 Å². The number of hydrogen-bond acceptors (Lipinski definition) is 2. The first kappa shape index (κ1) is 15.6. The summed E-state index contributed by atoms with van der Waals surface area (Å²) in [4.78, 5) is 10.8. The fourth-order valence-electron chi connectivity index (χ4n) is 1.81. The van der Waals surface area contributed by atoms with Crippen molar-refractivity contribution in [3.8, 4) is 0 Å². The number of carboxylic acids is 1. The zero-order valence-electron chi connectivity index (χ0n) is 11.3. The summed E-state index contributed by atoms with van der Waals surface area (Å²) in [5, 5.41) is 8.83. The molecule has 1 aromatic carbocycles. The van der Waals surface area contributed by atoms with E-state index in [1.807, 2.05) is 0 Å². The smallest absolute Gasteiger partial charge is 0.335 e. The summed E-state index contributed by atoms with van der Waals surface area (Å²) in [6.45, 7) is 2.87. The second-order valence-electron chi connectivity index (χ2n) is 4.58. The first-order valence-electron chi connectivity index (χ1n) is 6.74. The lowest BCUT2D eigenvalue weighted by molar-refractivity contribution is 0.0696. The van der Waals surface area contributed by atoms with Crippen LogP contribution in [0.2, 0.25) is 0 Å².